The van der Waals surface area contributed by atoms with Gasteiger partial charge in [0.05, 0.1) is 16.3 Å². The van der Waals surface area contributed by atoms with Crippen molar-refractivity contribution in [2.24, 2.45) is 0 Å². The van der Waals surface area contributed by atoms with Gasteiger partial charge in [0, 0.05) is 25.0 Å². The molecule has 1 aromatic carbocycles. The average Bonchev–Trinajstić information content (AvgIpc) is 3.04. The lowest BCUT2D eigenvalue weighted by molar-refractivity contribution is 0.0696. The number of hydrogen-bond acceptors (Lipinski definition) is 4. The lowest BCUT2D eigenvalue weighted by atomic mass is 10.1. The lowest BCUT2D eigenvalue weighted by Crippen LogP contribution is -2.15. The number of nitrogens with zero attached hydrogens (tertiary/aromatic N) is 2. The zero-order chi connectivity index (χ0) is 14.8. The molecule has 21 heavy (non-hydrogen) atoms. The van der Waals surface area contributed by atoms with E-state index in [1.807, 2.05) is 6.07 Å². The van der Waals surface area contributed by atoms with Crippen molar-refractivity contribution in [2.45, 2.75) is 39.4 Å². The maximum Gasteiger partial charge on any atom is 0.335 e. The number of aromatic carboxylic acids is 1. The fourth-order valence-corrected chi connectivity index (χ4v) is 3.58. The van der Waals surface area contributed by atoms with Crippen molar-refractivity contribution in [1.82, 2.24) is 9.88 Å². The van der Waals surface area contributed by atoms with E-state index < -0.39 is 5.97 Å². The zero-order valence-corrected chi connectivity index (χ0v) is 12.8. The number of aryl methyl sites for hydroxylation is 1. The van der Waals surface area contributed by atoms with Crippen LogP contribution in [0.1, 0.15) is 45.5 Å². The van der Waals surface area contributed by atoms with Crippen molar-refractivity contribution in [3.63, 3.8) is 0 Å². The molecule has 1 N–H and O–H groups in total. The van der Waals surface area contributed by atoms with Gasteiger partial charge >= 0.3 is 5.97 Å². The first-order chi connectivity index (χ1) is 10.2. The molecule has 0 radical (unpaired) electrons. The molecule has 0 saturated heterocycles. The van der Waals surface area contributed by atoms with Crippen LogP contribution in [0.3, 0.4) is 0 Å². The molecule has 3 rings (SSSR count). The molecule has 1 aliphatic heterocycles. The normalized spacial score (nSPS) is 14.3. The van der Waals surface area contributed by atoms with Crippen molar-refractivity contribution in [3.05, 3.63) is 51.0 Å². The molecule has 4 nitrogen and oxygen atoms in total. The second-order valence-corrected chi connectivity index (χ2v) is 6.36. The van der Waals surface area contributed by atoms with Gasteiger partial charge in [-0.2, -0.15) is 0 Å². The number of aromatic nitrogens is 1. The molecular weight excluding hydrogens is 284 g/mol. The Morgan fingerprint density at radius 3 is 2.95 bits per heavy atom. The second-order valence-electron chi connectivity index (χ2n) is 5.42. The highest BCUT2D eigenvalue weighted by molar-refractivity contribution is 7.09. The molecule has 0 fully saturated rings. The van der Waals surface area contributed by atoms with E-state index in [1.165, 1.54) is 10.6 Å². The van der Waals surface area contributed by atoms with Gasteiger partial charge in [-0.25, -0.2) is 9.78 Å². The minimum atomic E-state index is -0.861. The average molecular weight is 302 g/mol. The number of thiazole rings is 1. The summed E-state index contributed by atoms with van der Waals surface area (Å²) in [5, 5.41) is 12.4. The van der Waals surface area contributed by atoms with Crippen LogP contribution in [0.5, 0.6) is 0 Å². The summed E-state index contributed by atoms with van der Waals surface area (Å²) in [4.78, 5) is 18.0. The summed E-state index contributed by atoms with van der Waals surface area (Å²) in [5.41, 5.74) is 3.84. The largest absolute Gasteiger partial charge is 0.478 e. The SMILES string of the molecule is CCCc1nc(CN2Cc3ccc(C(=O)O)cc3C2)cs1. The van der Waals surface area contributed by atoms with Gasteiger partial charge in [-0.3, -0.25) is 4.90 Å². The lowest BCUT2D eigenvalue weighted by Gasteiger charge is -2.12. The predicted octanol–water partition coefficient (Wildman–Crippen LogP) is 3.31. The third kappa shape index (κ3) is 3.14. The van der Waals surface area contributed by atoms with Crippen LogP contribution in [0, 0.1) is 0 Å². The van der Waals surface area contributed by atoms with Gasteiger partial charge in [0.2, 0.25) is 0 Å². The van der Waals surface area contributed by atoms with Crippen LogP contribution < -0.4 is 0 Å². The molecule has 5 heteroatoms. The third-order valence-electron chi connectivity index (χ3n) is 3.69. The van der Waals surface area contributed by atoms with Crippen LogP contribution in [-0.2, 0) is 26.1 Å². The highest BCUT2D eigenvalue weighted by Gasteiger charge is 2.21. The van der Waals surface area contributed by atoms with Crippen molar-refractivity contribution >= 4 is 17.3 Å². The number of fused-ring (bicyclic) bond motifs is 1. The molecule has 2 heterocycles. The Kier molecular flexibility index (Phi) is 4.03. The Morgan fingerprint density at radius 2 is 2.19 bits per heavy atom. The van der Waals surface area contributed by atoms with Gasteiger partial charge in [-0.15, -0.1) is 11.3 Å². The monoisotopic (exact) mass is 302 g/mol. The maximum absolute atomic E-state index is 11.0. The molecule has 2 aromatic rings. The van der Waals surface area contributed by atoms with Gasteiger partial charge in [-0.05, 0) is 36.1 Å². The Balaban J connectivity index is 1.68. The standard InChI is InChI=1S/C16H18N2O2S/c1-2-3-15-17-14(10-21-15)9-18-7-12-5-4-11(16(19)20)6-13(12)8-18/h4-6,10H,2-3,7-9H2,1H3,(H,19,20). The Hall–Kier alpha value is -1.72. The number of carboxylic acids is 1. The molecule has 0 aliphatic carbocycles. The molecular formula is C16H18N2O2S. The Morgan fingerprint density at radius 1 is 1.38 bits per heavy atom. The van der Waals surface area contributed by atoms with Crippen LogP contribution >= 0.6 is 11.3 Å². The first-order valence-corrected chi connectivity index (χ1v) is 8.04. The highest BCUT2D eigenvalue weighted by atomic mass is 32.1. The minimum Gasteiger partial charge on any atom is -0.478 e. The first-order valence-electron chi connectivity index (χ1n) is 7.16. The molecule has 110 valence electrons. The molecule has 1 aliphatic rings. The molecule has 0 saturated carbocycles. The predicted molar refractivity (Wildman–Crippen MR) is 82.5 cm³/mol. The fourth-order valence-electron chi connectivity index (χ4n) is 2.69. The number of rotatable bonds is 5. The van der Waals surface area contributed by atoms with Gasteiger partial charge in [0.1, 0.15) is 0 Å². The van der Waals surface area contributed by atoms with Gasteiger partial charge < -0.3 is 5.11 Å². The van der Waals surface area contributed by atoms with E-state index in [9.17, 15) is 4.79 Å². The second kappa shape index (κ2) is 5.95. The fraction of sp³-hybridized carbons (Fsp3) is 0.375. The summed E-state index contributed by atoms with van der Waals surface area (Å²) < 4.78 is 0. The van der Waals surface area contributed by atoms with E-state index in [2.05, 4.69) is 22.2 Å². The molecule has 0 atom stereocenters. The van der Waals surface area contributed by atoms with Crippen LogP contribution in [0.2, 0.25) is 0 Å². The number of carboxylic acid groups (broad SMARTS) is 1. The topological polar surface area (TPSA) is 53.4 Å². The third-order valence-corrected chi connectivity index (χ3v) is 4.65. The van der Waals surface area contributed by atoms with E-state index in [0.29, 0.717) is 5.56 Å². The van der Waals surface area contributed by atoms with Crippen LogP contribution in [0.15, 0.2) is 23.6 Å². The highest BCUT2D eigenvalue weighted by Crippen LogP contribution is 2.26. The number of carbonyl (C=O) groups is 1. The quantitative estimate of drug-likeness (QED) is 0.920. The molecule has 0 amide bonds. The first kappa shape index (κ1) is 14.2. The Bertz CT molecular complexity index is 666. The van der Waals surface area contributed by atoms with Gasteiger partial charge in [0.25, 0.3) is 0 Å². The molecule has 0 bridgehead atoms. The van der Waals surface area contributed by atoms with Crippen LogP contribution in [-0.4, -0.2) is 21.0 Å². The van der Waals surface area contributed by atoms with E-state index in [0.717, 1.165) is 43.7 Å². The zero-order valence-electron chi connectivity index (χ0n) is 12.0. The summed E-state index contributed by atoms with van der Waals surface area (Å²) in [6, 6.07) is 5.41. The van der Waals surface area contributed by atoms with E-state index in [4.69, 9.17) is 5.11 Å². The number of hydrogen-bond donors (Lipinski definition) is 1. The smallest absolute Gasteiger partial charge is 0.335 e. The van der Waals surface area contributed by atoms with E-state index in [1.54, 1.807) is 23.5 Å². The molecule has 1 aromatic heterocycles. The van der Waals surface area contributed by atoms with Crippen molar-refractivity contribution < 1.29 is 9.90 Å². The summed E-state index contributed by atoms with van der Waals surface area (Å²) in [5.74, 6) is -0.861. The van der Waals surface area contributed by atoms with Crippen LogP contribution in [0.4, 0.5) is 0 Å². The number of benzene rings is 1. The Labute approximate surface area is 128 Å². The van der Waals surface area contributed by atoms with Crippen molar-refractivity contribution in [2.75, 3.05) is 0 Å². The molecule has 0 spiro atoms. The summed E-state index contributed by atoms with van der Waals surface area (Å²) >= 11 is 1.73. The van der Waals surface area contributed by atoms with Crippen molar-refractivity contribution in [1.29, 1.82) is 0 Å². The maximum atomic E-state index is 11.0. The van der Waals surface area contributed by atoms with Crippen molar-refractivity contribution in [3.8, 4) is 0 Å². The summed E-state index contributed by atoms with van der Waals surface area (Å²) in [6.45, 7) is 4.67. The summed E-state index contributed by atoms with van der Waals surface area (Å²) in [6.07, 6.45) is 2.17. The van der Waals surface area contributed by atoms with Gasteiger partial charge in [0.15, 0.2) is 0 Å². The van der Waals surface area contributed by atoms with E-state index in [-0.39, 0.29) is 0 Å². The van der Waals surface area contributed by atoms with Gasteiger partial charge in [-0.1, -0.05) is 13.0 Å². The molecule has 0 unspecified atom stereocenters. The minimum absolute atomic E-state index is 0.370. The summed E-state index contributed by atoms with van der Waals surface area (Å²) in [7, 11) is 0. The van der Waals surface area contributed by atoms with Crippen LogP contribution in [0.25, 0.3) is 0 Å². The van der Waals surface area contributed by atoms with E-state index >= 15 is 0 Å².